The standard InChI is InChI=1S/C17H19N5O3/c1-12-15(8-18)21-22(13-4-2-6-19-9-13)17(12)20-16(23)11-24-10-14-5-3-7-25-14/h2,4,6,9,14H,3,5,7,10-11H2,1H3,(H,20,23)/t14-/m1/s1. The molecule has 0 bridgehead atoms. The van der Waals surface area contributed by atoms with Crippen LogP contribution in [0.5, 0.6) is 0 Å². The van der Waals surface area contributed by atoms with Crippen LogP contribution in [0.25, 0.3) is 5.69 Å². The van der Waals surface area contributed by atoms with Gasteiger partial charge in [0.1, 0.15) is 18.5 Å². The van der Waals surface area contributed by atoms with Crippen LogP contribution < -0.4 is 5.32 Å². The van der Waals surface area contributed by atoms with Crippen molar-refractivity contribution in [1.29, 1.82) is 5.26 Å². The van der Waals surface area contributed by atoms with Crippen LogP contribution in [0, 0.1) is 18.3 Å². The van der Waals surface area contributed by atoms with Crippen molar-refractivity contribution in [1.82, 2.24) is 14.8 Å². The number of carbonyl (C=O) groups excluding carboxylic acids is 1. The Morgan fingerprint density at radius 1 is 1.60 bits per heavy atom. The molecule has 0 aromatic carbocycles. The maximum Gasteiger partial charge on any atom is 0.251 e. The van der Waals surface area contributed by atoms with Gasteiger partial charge in [0.25, 0.3) is 5.91 Å². The van der Waals surface area contributed by atoms with Gasteiger partial charge in [-0.15, -0.1) is 0 Å². The Kier molecular flexibility index (Phi) is 5.38. The summed E-state index contributed by atoms with van der Waals surface area (Å²) in [6.45, 7) is 2.80. The van der Waals surface area contributed by atoms with Gasteiger partial charge in [-0.3, -0.25) is 9.78 Å². The summed E-state index contributed by atoms with van der Waals surface area (Å²) in [4.78, 5) is 16.2. The Morgan fingerprint density at radius 2 is 2.48 bits per heavy atom. The summed E-state index contributed by atoms with van der Waals surface area (Å²) in [7, 11) is 0. The van der Waals surface area contributed by atoms with E-state index in [0.717, 1.165) is 19.4 Å². The SMILES string of the molecule is Cc1c(C#N)nn(-c2cccnc2)c1NC(=O)COC[C@H]1CCCO1. The van der Waals surface area contributed by atoms with Crippen molar-refractivity contribution in [2.24, 2.45) is 0 Å². The van der Waals surface area contributed by atoms with Crippen LogP contribution in [0.3, 0.4) is 0 Å². The third kappa shape index (κ3) is 4.02. The number of carbonyl (C=O) groups is 1. The molecular weight excluding hydrogens is 322 g/mol. The van der Waals surface area contributed by atoms with E-state index in [-0.39, 0.29) is 24.3 Å². The number of aromatic nitrogens is 3. The predicted molar refractivity (Wildman–Crippen MR) is 89.2 cm³/mol. The molecular formula is C17H19N5O3. The number of nitrogens with one attached hydrogen (secondary N) is 1. The Balaban J connectivity index is 1.69. The fraction of sp³-hybridized carbons (Fsp3) is 0.412. The molecule has 3 rings (SSSR count). The zero-order valence-electron chi connectivity index (χ0n) is 13.9. The number of amides is 1. The molecule has 0 radical (unpaired) electrons. The number of hydrogen-bond acceptors (Lipinski definition) is 6. The highest BCUT2D eigenvalue weighted by Crippen LogP contribution is 2.22. The molecule has 1 amide bonds. The van der Waals surface area contributed by atoms with Crippen LogP contribution in [-0.4, -0.2) is 46.6 Å². The summed E-state index contributed by atoms with van der Waals surface area (Å²) in [5.41, 5.74) is 1.50. The summed E-state index contributed by atoms with van der Waals surface area (Å²) in [6, 6.07) is 5.58. The first-order chi connectivity index (χ1) is 12.2. The van der Waals surface area contributed by atoms with Crippen molar-refractivity contribution in [3.05, 3.63) is 35.8 Å². The molecule has 3 heterocycles. The number of ether oxygens (including phenoxy) is 2. The van der Waals surface area contributed by atoms with E-state index in [4.69, 9.17) is 9.47 Å². The van der Waals surface area contributed by atoms with Crippen LogP contribution in [0.15, 0.2) is 24.5 Å². The van der Waals surface area contributed by atoms with E-state index in [1.54, 1.807) is 31.5 Å². The van der Waals surface area contributed by atoms with Gasteiger partial charge >= 0.3 is 0 Å². The lowest BCUT2D eigenvalue weighted by atomic mass is 10.2. The minimum Gasteiger partial charge on any atom is -0.376 e. The molecule has 1 atom stereocenters. The highest BCUT2D eigenvalue weighted by molar-refractivity contribution is 5.92. The fourth-order valence-corrected chi connectivity index (χ4v) is 2.64. The van der Waals surface area contributed by atoms with Crippen LogP contribution in [-0.2, 0) is 14.3 Å². The first-order valence-corrected chi connectivity index (χ1v) is 8.08. The second kappa shape index (κ2) is 7.88. The molecule has 2 aromatic rings. The molecule has 130 valence electrons. The number of anilines is 1. The summed E-state index contributed by atoms with van der Waals surface area (Å²) < 4.78 is 12.4. The van der Waals surface area contributed by atoms with Crippen molar-refractivity contribution in [3.63, 3.8) is 0 Å². The van der Waals surface area contributed by atoms with Crippen molar-refractivity contribution in [2.45, 2.75) is 25.9 Å². The lowest BCUT2D eigenvalue weighted by molar-refractivity contribution is -0.121. The minimum atomic E-state index is -0.310. The van der Waals surface area contributed by atoms with Gasteiger partial charge in [-0.05, 0) is 31.9 Å². The Labute approximate surface area is 145 Å². The molecule has 25 heavy (non-hydrogen) atoms. The molecule has 1 aliphatic rings. The monoisotopic (exact) mass is 341 g/mol. The van der Waals surface area contributed by atoms with Crippen molar-refractivity contribution in [3.8, 4) is 11.8 Å². The van der Waals surface area contributed by atoms with E-state index in [0.29, 0.717) is 23.7 Å². The van der Waals surface area contributed by atoms with Gasteiger partial charge in [0.05, 0.1) is 24.6 Å². The van der Waals surface area contributed by atoms with Crippen molar-refractivity contribution >= 4 is 11.7 Å². The van der Waals surface area contributed by atoms with E-state index < -0.39 is 0 Å². The fourth-order valence-electron chi connectivity index (χ4n) is 2.64. The molecule has 1 saturated heterocycles. The molecule has 1 N–H and O–H groups in total. The molecule has 2 aromatic heterocycles. The molecule has 0 aliphatic carbocycles. The number of rotatable bonds is 6. The lowest BCUT2D eigenvalue weighted by Gasteiger charge is -2.12. The van der Waals surface area contributed by atoms with E-state index in [1.807, 2.05) is 6.07 Å². The molecule has 8 heteroatoms. The van der Waals surface area contributed by atoms with E-state index in [2.05, 4.69) is 15.4 Å². The Hall–Kier alpha value is -2.76. The zero-order chi connectivity index (χ0) is 17.6. The van der Waals surface area contributed by atoms with Crippen LogP contribution >= 0.6 is 0 Å². The Bertz CT molecular complexity index is 776. The summed E-state index contributed by atoms with van der Waals surface area (Å²) in [6.07, 6.45) is 5.31. The third-order valence-corrected chi connectivity index (χ3v) is 3.94. The molecule has 0 unspecified atom stereocenters. The average Bonchev–Trinajstić information content (AvgIpc) is 3.25. The summed E-state index contributed by atoms with van der Waals surface area (Å²) in [5, 5.41) is 16.2. The van der Waals surface area contributed by atoms with Gasteiger partial charge in [0.2, 0.25) is 0 Å². The smallest absolute Gasteiger partial charge is 0.251 e. The van der Waals surface area contributed by atoms with Crippen LogP contribution in [0.4, 0.5) is 5.82 Å². The molecule has 0 saturated carbocycles. The first kappa shape index (κ1) is 17.1. The summed E-state index contributed by atoms with van der Waals surface area (Å²) >= 11 is 0. The zero-order valence-corrected chi connectivity index (χ0v) is 13.9. The quantitative estimate of drug-likeness (QED) is 0.856. The normalized spacial score (nSPS) is 16.6. The number of nitriles is 1. The Morgan fingerprint density at radius 3 is 3.16 bits per heavy atom. The first-order valence-electron chi connectivity index (χ1n) is 8.08. The van der Waals surface area contributed by atoms with Gasteiger partial charge in [-0.1, -0.05) is 0 Å². The second-order valence-corrected chi connectivity index (χ2v) is 5.76. The van der Waals surface area contributed by atoms with Gasteiger partial charge in [-0.2, -0.15) is 10.4 Å². The van der Waals surface area contributed by atoms with Crippen LogP contribution in [0.1, 0.15) is 24.1 Å². The van der Waals surface area contributed by atoms with Gasteiger partial charge in [0.15, 0.2) is 5.69 Å². The highest BCUT2D eigenvalue weighted by atomic mass is 16.5. The van der Waals surface area contributed by atoms with E-state index >= 15 is 0 Å². The van der Waals surface area contributed by atoms with Crippen molar-refractivity contribution in [2.75, 3.05) is 25.1 Å². The number of hydrogen-bond donors (Lipinski definition) is 1. The molecule has 8 nitrogen and oxygen atoms in total. The van der Waals surface area contributed by atoms with Gasteiger partial charge in [-0.25, -0.2) is 4.68 Å². The minimum absolute atomic E-state index is 0.0700. The van der Waals surface area contributed by atoms with Gasteiger partial charge in [0, 0.05) is 18.4 Å². The van der Waals surface area contributed by atoms with E-state index in [9.17, 15) is 10.1 Å². The maximum absolute atomic E-state index is 12.2. The number of nitrogens with zero attached hydrogens (tertiary/aromatic N) is 4. The average molecular weight is 341 g/mol. The third-order valence-electron chi connectivity index (χ3n) is 3.94. The van der Waals surface area contributed by atoms with E-state index in [1.165, 1.54) is 4.68 Å². The largest absolute Gasteiger partial charge is 0.376 e. The molecule has 1 fully saturated rings. The molecule has 0 spiro atoms. The molecule has 1 aliphatic heterocycles. The number of pyridine rings is 1. The summed E-state index contributed by atoms with van der Waals surface area (Å²) in [5.74, 6) is 0.130. The van der Waals surface area contributed by atoms with Crippen molar-refractivity contribution < 1.29 is 14.3 Å². The van der Waals surface area contributed by atoms with Crippen LogP contribution in [0.2, 0.25) is 0 Å². The second-order valence-electron chi connectivity index (χ2n) is 5.76. The highest BCUT2D eigenvalue weighted by Gasteiger charge is 2.19. The maximum atomic E-state index is 12.2. The lowest BCUT2D eigenvalue weighted by Crippen LogP contribution is -2.24. The predicted octanol–water partition coefficient (Wildman–Crippen LogP) is 1.58. The topological polar surface area (TPSA) is 102 Å². The van der Waals surface area contributed by atoms with Gasteiger partial charge < -0.3 is 14.8 Å².